The van der Waals surface area contributed by atoms with Gasteiger partial charge in [0.25, 0.3) is 5.91 Å². The molecule has 0 atom stereocenters. The number of hydrogen-bond acceptors (Lipinski definition) is 5. The Morgan fingerprint density at radius 2 is 1.80 bits per heavy atom. The van der Waals surface area contributed by atoms with Crippen LogP contribution in [0, 0.1) is 0 Å². The van der Waals surface area contributed by atoms with Crippen LogP contribution in [-0.2, 0) is 4.79 Å². The zero-order valence-electron chi connectivity index (χ0n) is 14.2. The number of ether oxygens (including phenoxy) is 1. The summed E-state index contributed by atoms with van der Waals surface area (Å²) in [5, 5.41) is 0. The number of benzene rings is 2. The molecule has 1 fully saturated rings. The SMILES string of the molecule is COc1ccccc1N1C(=O)/C(=C\c2ccc(N(C)C)cc2)SC1=S. The monoisotopic (exact) mass is 370 g/mol. The van der Waals surface area contributed by atoms with Crippen molar-refractivity contribution in [3.8, 4) is 5.75 Å². The lowest BCUT2D eigenvalue weighted by Gasteiger charge is -2.17. The molecule has 0 aromatic heterocycles. The number of para-hydroxylation sites is 2. The van der Waals surface area contributed by atoms with Crippen molar-refractivity contribution in [2.24, 2.45) is 0 Å². The second kappa shape index (κ2) is 7.29. The molecule has 3 rings (SSSR count). The number of hydrogen-bond donors (Lipinski definition) is 0. The number of thioether (sulfide) groups is 1. The summed E-state index contributed by atoms with van der Waals surface area (Å²) >= 11 is 6.72. The molecule has 1 amide bonds. The fraction of sp³-hybridized carbons (Fsp3) is 0.158. The smallest absolute Gasteiger partial charge is 0.270 e. The molecule has 0 spiro atoms. The van der Waals surface area contributed by atoms with E-state index in [9.17, 15) is 4.79 Å². The van der Waals surface area contributed by atoms with Gasteiger partial charge in [-0.15, -0.1) is 0 Å². The molecule has 1 saturated heterocycles. The first kappa shape index (κ1) is 17.5. The second-order valence-electron chi connectivity index (χ2n) is 5.67. The Balaban J connectivity index is 1.90. The van der Waals surface area contributed by atoms with Crippen molar-refractivity contribution in [3.63, 3.8) is 0 Å². The third-order valence-electron chi connectivity index (χ3n) is 3.83. The van der Waals surface area contributed by atoms with E-state index in [0.717, 1.165) is 11.3 Å². The Kier molecular flexibility index (Phi) is 5.11. The average Bonchev–Trinajstić information content (AvgIpc) is 2.89. The molecule has 0 radical (unpaired) electrons. The van der Waals surface area contributed by atoms with Gasteiger partial charge in [-0.3, -0.25) is 9.69 Å². The highest BCUT2D eigenvalue weighted by atomic mass is 32.2. The molecule has 128 valence electrons. The maximum atomic E-state index is 12.8. The van der Waals surface area contributed by atoms with Crippen LogP contribution in [0.3, 0.4) is 0 Å². The number of thiocarbonyl (C=S) groups is 1. The molecule has 0 bridgehead atoms. The van der Waals surface area contributed by atoms with E-state index in [1.54, 1.807) is 7.11 Å². The van der Waals surface area contributed by atoms with Gasteiger partial charge in [-0.05, 0) is 35.9 Å². The van der Waals surface area contributed by atoms with Crippen molar-refractivity contribution in [2.75, 3.05) is 31.0 Å². The molecule has 0 unspecified atom stereocenters. The van der Waals surface area contributed by atoms with E-state index in [2.05, 4.69) is 0 Å². The summed E-state index contributed by atoms with van der Waals surface area (Å²) in [6.45, 7) is 0. The molecule has 0 saturated carbocycles. The minimum Gasteiger partial charge on any atom is -0.495 e. The molecule has 4 nitrogen and oxygen atoms in total. The number of nitrogens with zero attached hydrogens (tertiary/aromatic N) is 2. The average molecular weight is 370 g/mol. The number of rotatable bonds is 4. The fourth-order valence-electron chi connectivity index (χ4n) is 2.51. The third kappa shape index (κ3) is 3.55. The van der Waals surface area contributed by atoms with Crippen molar-refractivity contribution < 1.29 is 9.53 Å². The number of carbonyl (C=O) groups excluding carboxylic acids is 1. The summed E-state index contributed by atoms with van der Waals surface area (Å²) in [6.07, 6.45) is 1.87. The van der Waals surface area contributed by atoms with Crippen LogP contribution in [0.15, 0.2) is 53.4 Å². The Bertz CT molecular complexity index is 845. The third-order valence-corrected chi connectivity index (χ3v) is 5.13. The summed E-state index contributed by atoms with van der Waals surface area (Å²) in [5.41, 5.74) is 2.74. The Labute approximate surface area is 157 Å². The van der Waals surface area contributed by atoms with Gasteiger partial charge >= 0.3 is 0 Å². The Hall–Kier alpha value is -2.31. The molecule has 0 aliphatic carbocycles. The van der Waals surface area contributed by atoms with E-state index in [1.807, 2.05) is 73.6 Å². The molecule has 25 heavy (non-hydrogen) atoms. The van der Waals surface area contributed by atoms with Crippen molar-refractivity contribution in [1.82, 2.24) is 0 Å². The van der Waals surface area contributed by atoms with Crippen LogP contribution in [0.4, 0.5) is 11.4 Å². The Morgan fingerprint density at radius 1 is 1.12 bits per heavy atom. The van der Waals surface area contributed by atoms with Crippen LogP contribution in [0.5, 0.6) is 5.75 Å². The van der Waals surface area contributed by atoms with Crippen molar-refractivity contribution in [2.45, 2.75) is 0 Å². The summed E-state index contributed by atoms with van der Waals surface area (Å²) < 4.78 is 5.86. The minimum absolute atomic E-state index is 0.129. The summed E-state index contributed by atoms with van der Waals surface area (Å²) in [5.74, 6) is 0.492. The molecular formula is C19H18N2O2S2. The number of amides is 1. The summed E-state index contributed by atoms with van der Waals surface area (Å²) in [7, 11) is 5.57. The number of anilines is 2. The van der Waals surface area contributed by atoms with Crippen LogP contribution < -0.4 is 14.5 Å². The van der Waals surface area contributed by atoms with Crippen LogP contribution in [0.2, 0.25) is 0 Å². The van der Waals surface area contributed by atoms with Gasteiger partial charge in [0.15, 0.2) is 4.32 Å². The molecule has 2 aromatic carbocycles. The molecule has 6 heteroatoms. The van der Waals surface area contributed by atoms with Crippen molar-refractivity contribution in [1.29, 1.82) is 0 Å². The zero-order chi connectivity index (χ0) is 18.0. The number of carbonyl (C=O) groups is 1. The highest BCUT2D eigenvalue weighted by molar-refractivity contribution is 8.27. The van der Waals surface area contributed by atoms with Gasteiger partial charge in [0.05, 0.1) is 17.7 Å². The minimum atomic E-state index is -0.129. The van der Waals surface area contributed by atoms with Gasteiger partial charge in [-0.25, -0.2) is 0 Å². The first-order valence-corrected chi connectivity index (χ1v) is 8.92. The zero-order valence-corrected chi connectivity index (χ0v) is 15.9. The molecule has 1 aliphatic rings. The predicted octanol–water partition coefficient (Wildman–Crippen LogP) is 4.17. The highest BCUT2D eigenvalue weighted by Crippen LogP contribution is 2.39. The number of methoxy groups -OCH3 is 1. The lowest BCUT2D eigenvalue weighted by molar-refractivity contribution is -0.113. The van der Waals surface area contributed by atoms with Gasteiger partial charge in [0, 0.05) is 19.8 Å². The van der Waals surface area contributed by atoms with Crippen LogP contribution in [0.1, 0.15) is 5.56 Å². The second-order valence-corrected chi connectivity index (χ2v) is 7.35. The lowest BCUT2D eigenvalue weighted by atomic mass is 10.2. The van der Waals surface area contributed by atoms with Crippen molar-refractivity contribution in [3.05, 3.63) is 59.0 Å². The first-order chi connectivity index (χ1) is 12.0. The quantitative estimate of drug-likeness (QED) is 0.596. The maximum absolute atomic E-state index is 12.8. The van der Waals surface area contributed by atoms with Gasteiger partial charge in [0.2, 0.25) is 0 Å². The van der Waals surface area contributed by atoms with E-state index >= 15 is 0 Å². The van der Waals surface area contributed by atoms with Gasteiger partial charge in [-0.2, -0.15) is 0 Å². The van der Waals surface area contributed by atoms with Gasteiger partial charge < -0.3 is 9.64 Å². The summed E-state index contributed by atoms with van der Waals surface area (Å²) in [4.78, 5) is 17.0. The van der Waals surface area contributed by atoms with E-state index in [1.165, 1.54) is 16.7 Å². The summed E-state index contributed by atoms with van der Waals surface area (Å²) in [6, 6.07) is 15.4. The topological polar surface area (TPSA) is 32.8 Å². The van der Waals surface area contributed by atoms with E-state index in [4.69, 9.17) is 17.0 Å². The molecule has 2 aromatic rings. The molecule has 0 N–H and O–H groups in total. The van der Waals surface area contributed by atoms with Crippen LogP contribution in [0.25, 0.3) is 6.08 Å². The van der Waals surface area contributed by atoms with E-state index in [-0.39, 0.29) is 5.91 Å². The van der Waals surface area contributed by atoms with Crippen LogP contribution >= 0.6 is 24.0 Å². The maximum Gasteiger partial charge on any atom is 0.270 e. The standard InChI is InChI=1S/C19H18N2O2S2/c1-20(2)14-10-8-13(9-11-14)12-17-18(22)21(19(24)25-17)15-6-4-5-7-16(15)23-3/h4-12H,1-3H3/b17-12+. The van der Waals surface area contributed by atoms with Gasteiger partial charge in [0.1, 0.15) is 5.75 Å². The van der Waals surface area contributed by atoms with E-state index in [0.29, 0.717) is 20.7 Å². The predicted molar refractivity (Wildman–Crippen MR) is 109 cm³/mol. The Morgan fingerprint density at radius 3 is 2.44 bits per heavy atom. The normalized spacial score (nSPS) is 15.8. The fourth-order valence-corrected chi connectivity index (χ4v) is 3.79. The molecule has 1 aliphatic heterocycles. The van der Waals surface area contributed by atoms with E-state index < -0.39 is 0 Å². The van der Waals surface area contributed by atoms with Gasteiger partial charge in [-0.1, -0.05) is 48.2 Å². The molecular weight excluding hydrogens is 352 g/mol. The van der Waals surface area contributed by atoms with Crippen LogP contribution in [-0.4, -0.2) is 31.4 Å². The highest BCUT2D eigenvalue weighted by Gasteiger charge is 2.34. The van der Waals surface area contributed by atoms with Crippen molar-refractivity contribution >= 4 is 51.7 Å². The lowest BCUT2D eigenvalue weighted by Crippen LogP contribution is -2.27. The molecule has 1 heterocycles. The first-order valence-electron chi connectivity index (χ1n) is 7.69. The largest absolute Gasteiger partial charge is 0.495 e.